The van der Waals surface area contributed by atoms with Crippen molar-refractivity contribution in [1.82, 2.24) is 0 Å². The maximum absolute atomic E-state index is 6.47. The predicted octanol–water partition coefficient (Wildman–Crippen LogP) is 2.68. The second-order valence-electron chi connectivity index (χ2n) is 5.28. The standard InChI is InChI=1S/C15H23NO2/c1-10-4-5-14(17-3)13(8-10)15(16)12-6-7-18-9-11(12)2/h4-5,8,11-12,15H,6-7,9,16H2,1-3H3. The number of benzene rings is 1. The summed E-state index contributed by atoms with van der Waals surface area (Å²) in [6, 6.07) is 6.24. The van der Waals surface area contributed by atoms with Crippen molar-refractivity contribution in [2.75, 3.05) is 20.3 Å². The molecule has 2 rings (SSSR count). The average Bonchev–Trinajstić information content (AvgIpc) is 2.38. The van der Waals surface area contributed by atoms with Crippen LogP contribution in [0.2, 0.25) is 0 Å². The first-order valence-corrected chi connectivity index (χ1v) is 6.61. The molecular weight excluding hydrogens is 226 g/mol. The van der Waals surface area contributed by atoms with Crippen molar-refractivity contribution < 1.29 is 9.47 Å². The van der Waals surface area contributed by atoms with E-state index >= 15 is 0 Å². The van der Waals surface area contributed by atoms with Crippen LogP contribution in [0.3, 0.4) is 0 Å². The molecule has 0 radical (unpaired) electrons. The van der Waals surface area contributed by atoms with Gasteiger partial charge in [-0.15, -0.1) is 0 Å². The molecular formula is C15H23NO2. The molecule has 3 heteroatoms. The first-order valence-electron chi connectivity index (χ1n) is 6.61. The molecule has 0 amide bonds. The van der Waals surface area contributed by atoms with Crippen molar-refractivity contribution >= 4 is 0 Å². The molecule has 1 aliphatic rings. The molecule has 18 heavy (non-hydrogen) atoms. The second-order valence-corrected chi connectivity index (χ2v) is 5.28. The van der Waals surface area contributed by atoms with Gasteiger partial charge in [-0.25, -0.2) is 0 Å². The third kappa shape index (κ3) is 2.68. The Morgan fingerprint density at radius 2 is 2.22 bits per heavy atom. The van der Waals surface area contributed by atoms with Crippen LogP contribution in [-0.2, 0) is 4.74 Å². The van der Waals surface area contributed by atoms with E-state index in [0.717, 1.165) is 30.9 Å². The largest absolute Gasteiger partial charge is 0.496 e. The molecule has 1 aliphatic heterocycles. The summed E-state index contributed by atoms with van der Waals surface area (Å²) in [6.45, 7) is 5.93. The zero-order valence-electron chi connectivity index (χ0n) is 11.5. The maximum Gasteiger partial charge on any atom is 0.123 e. The zero-order valence-corrected chi connectivity index (χ0v) is 11.5. The number of hydrogen-bond acceptors (Lipinski definition) is 3. The van der Waals surface area contributed by atoms with E-state index in [4.69, 9.17) is 15.2 Å². The number of hydrogen-bond donors (Lipinski definition) is 1. The van der Waals surface area contributed by atoms with Gasteiger partial charge in [-0.3, -0.25) is 0 Å². The molecule has 1 aromatic carbocycles. The van der Waals surface area contributed by atoms with Crippen LogP contribution >= 0.6 is 0 Å². The molecule has 2 N–H and O–H groups in total. The summed E-state index contributed by atoms with van der Waals surface area (Å²) in [5, 5.41) is 0. The lowest BCUT2D eigenvalue weighted by Crippen LogP contribution is -2.34. The highest BCUT2D eigenvalue weighted by molar-refractivity contribution is 5.39. The Labute approximate surface area is 109 Å². The average molecular weight is 249 g/mol. The Balaban J connectivity index is 2.26. The topological polar surface area (TPSA) is 44.5 Å². The van der Waals surface area contributed by atoms with Crippen LogP contribution in [0.5, 0.6) is 5.75 Å². The number of nitrogens with two attached hydrogens (primary N) is 1. The van der Waals surface area contributed by atoms with E-state index in [-0.39, 0.29) is 6.04 Å². The SMILES string of the molecule is COc1ccc(C)cc1C(N)C1CCOCC1C. The Morgan fingerprint density at radius 3 is 2.89 bits per heavy atom. The molecule has 0 spiro atoms. The summed E-state index contributed by atoms with van der Waals surface area (Å²) in [5.74, 6) is 1.86. The number of aryl methyl sites for hydroxylation is 1. The lowest BCUT2D eigenvalue weighted by Gasteiger charge is -2.34. The molecule has 3 unspecified atom stereocenters. The van der Waals surface area contributed by atoms with Crippen LogP contribution in [0.15, 0.2) is 18.2 Å². The second kappa shape index (κ2) is 5.72. The van der Waals surface area contributed by atoms with Crippen molar-refractivity contribution in [1.29, 1.82) is 0 Å². The first kappa shape index (κ1) is 13.4. The third-order valence-electron chi connectivity index (χ3n) is 3.91. The number of methoxy groups -OCH3 is 1. The van der Waals surface area contributed by atoms with Crippen LogP contribution in [0.25, 0.3) is 0 Å². The van der Waals surface area contributed by atoms with Crippen LogP contribution in [-0.4, -0.2) is 20.3 Å². The minimum absolute atomic E-state index is 0.0266. The molecule has 3 nitrogen and oxygen atoms in total. The van der Waals surface area contributed by atoms with Crippen molar-refractivity contribution in [3.8, 4) is 5.75 Å². The Kier molecular flexibility index (Phi) is 4.25. The van der Waals surface area contributed by atoms with E-state index in [1.165, 1.54) is 5.56 Å². The fourth-order valence-electron chi connectivity index (χ4n) is 2.78. The Bertz CT molecular complexity index is 405. The van der Waals surface area contributed by atoms with Gasteiger partial charge in [0.15, 0.2) is 0 Å². The maximum atomic E-state index is 6.47. The van der Waals surface area contributed by atoms with Gasteiger partial charge in [-0.1, -0.05) is 24.6 Å². The zero-order chi connectivity index (χ0) is 13.1. The van der Waals surface area contributed by atoms with E-state index in [9.17, 15) is 0 Å². The summed E-state index contributed by atoms with van der Waals surface area (Å²) in [6.07, 6.45) is 1.03. The Morgan fingerprint density at radius 1 is 1.44 bits per heavy atom. The van der Waals surface area contributed by atoms with Crippen molar-refractivity contribution in [3.63, 3.8) is 0 Å². The summed E-state index contributed by atoms with van der Waals surface area (Å²) < 4.78 is 10.9. The highest BCUT2D eigenvalue weighted by atomic mass is 16.5. The monoisotopic (exact) mass is 249 g/mol. The van der Waals surface area contributed by atoms with Gasteiger partial charge in [0.05, 0.1) is 7.11 Å². The van der Waals surface area contributed by atoms with E-state index in [2.05, 4.69) is 26.0 Å². The summed E-state index contributed by atoms with van der Waals surface area (Å²) in [4.78, 5) is 0. The molecule has 0 bridgehead atoms. The first-order chi connectivity index (χ1) is 8.63. The Hall–Kier alpha value is -1.06. The van der Waals surface area contributed by atoms with Gasteiger partial charge in [-0.05, 0) is 31.2 Å². The summed E-state index contributed by atoms with van der Waals surface area (Å²) in [7, 11) is 1.70. The van der Waals surface area contributed by atoms with Crippen LogP contribution in [0.1, 0.15) is 30.5 Å². The minimum atomic E-state index is 0.0266. The minimum Gasteiger partial charge on any atom is -0.496 e. The molecule has 0 aromatic heterocycles. The van der Waals surface area contributed by atoms with Gasteiger partial charge in [0.2, 0.25) is 0 Å². The van der Waals surface area contributed by atoms with Crippen LogP contribution < -0.4 is 10.5 Å². The highest BCUT2D eigenvalue weighted by Gasteiger charge is 2.29. The van der Waals surface area contributed by atoms with Crippen LogP contribution in [0.4, 0.5) is 0 Å². The van der Waals surface area contributed by atoms with Crippen LogP contribution in [0, 0.1) is 18.8 Å². The molecule has 0 aliphatic carbocycles. The molecule has 1 heterocycles. The van der Waals surface area contributed by atoms with E-state index in [1.54, 1.807) is 7.11 Å². The quantitative estimate of drug-likeness (QED) is 0.895. The fourth-order valence-corrected chi connectivity index (χ4v) is 2.78. The lowest BCUT2D eigenvalue weighted by atomic mass is 9.80. The van der Waals surface area contributed by atoms with Gasteiger partial charge >= 0.3 is 0 Å². The molecule has 1 aromatic rings. The molecule has 100 valence electrons. The molecule has 1 saturated heterocycles. The lowest BCUT2D eigenvalue weighted by molar-refractivity contribution is 0.0152. The molecule has 1 fully saturated rings. The van der Waals surface area contributed by atoms with Gasteiger partial charge in [-0.2, -0.15) is 0 Å². The van der Waals surface area contributed by atoms with Crippen molar-refractivity contribution in [3.05, 3.63) is 29.3 Å². The van der Waals surface area contributed by atoms with Gasteiger partial charge in [0, 0.05) is 24.8 Å². The number of ether oxygens (including phenoxy) is 2. The highest BCUT2D eigenvalue weighted by Crippen LogP contribution is 2.36. The van der Waals surface area contributed by atoms with Gasteiger partial charge < -0.3 is 15.2 Å². The van der Waals surface area contributed by atoms with E-state index < -0.39 is 0 Å². The normalized spacial score (nSPS) is 25.8. The smallest absolute Gasteiger partial charge is 0.123 e. The fraction of sp³-hybridized carbons (Fsp3) is 0.600. The van der Waals surface area contributed by atoms with Crippen molar-refractivity contribution in [2.45, 2.75) is 26.3 Å². The number of rotatable bonds is 3. The van der Waals surface area contributed by atoms with Gasteiger partial charge in [0.1, 0.15) is 5.75 Å². The summed E-state index contributed by atoms with van der Waals surface area (Å²) >= 11 is 0. The van der Waals surface area contributed by atoms with E-state index in [1.807, 2.05) is 6.07 Å². The third-order valence-corrected chi connectivity index (χ3v) is 3.91. The van der Waals surface area contributed by atoms with E-state index in [0.29, 0.717) is 11.8 Å². The van der Waals surface area contributed by atoms with Crippen molar-refractivity contribution in [2.24, 2.45) is 17.6 Å². The molecule has 0 saturated carbocycles. The predicted molar refractivity (Wildman–Crippen MR) is 72.7 cm³/mol. The van der Waals surface area contributed by atoms with Gasteiger partial charge in [0.25, 0.3) is 0 Å². The summed E-state index contributed by atoms with van der Waals surface area (Å²) in [5.41, 5.74) is 8.81. The molecule has 3 atom stereocenters.